The fraction of sp³-hybridized carbons (Fsp3) is 0.158. The molecule has 0 radical (unpaired) electrons. The van der Waals surface area contributed by atoms with Crippen molar-refractivity contribution in [3.63, 3.8) is 0 Å². The summed E-state index contributed by atoms with van der Waals surface area (Å²) < 4.78 is 28.4. The molecule has 116 valence electrons. The molecular formula is C19H17NO2S. The van der Waals surface area contributed by atoms with Gasteiger partial charge in [-0.1, -0.05) is 36.4 Å². The standard InChI is InChI=1S/C19H17NO2S/c1-13-4-2-6-16(12-13)20-23(21,22)18-11-10-15-9-8-14-5-3-7-17(18)19(14)15/h2-7,10-12,20H,8-9H2,1H3. The van der Waals surface area contributed by atoms with E-state index < -0.39 is 10.0 Å². The predicted molar refractivity (Wildman–Crippen MR) is 93.3 cm³/mol. The zero-order valence-electron chi connectivity index (χ0n) is 12.8. The van der Waals surface area contributed by atoms with Gasteiger partial charge in [0.2, 0.25) is 0 Å². The maximum atomic E-state index is 12.9. The van der Waals surface area contributed by atoms with E-state index in [1.54, 1.807) is 12.1 Å². The molecule has 4 rings (SSSR count). The van der Waals surface area contributed by atoms with Gasteiger partial charge in [-0.25, -0.2) is 8.42 Å². The van der Waals surface area contributed by atoms with Crippen LogP contribution < -0.4 is 4.72 Å². The number of sulfonamides is 1. The molecule has 0 fully saturated rings. The Morgan fingerprint density at radius 3 is 2.43 bits per heavy atom. The van der Waals surface area contributed by atoms with Crippen LogP contribution in [0.5, 0.6) is 0 Å². The average molecular weight is 323 g/mol. The molecule has 0 aromatic heterocycles. The fourth-order valence-corrected chi connectivity index (χ4v) is 4.63. The molecule has 4 heteroatoms. The molecule has 0 heterocycles. The number of nitrogens with one attached hydrogen (secondary N) is 1. The van der Waals surface area contributed by atoms with Gasteiger partial charge in [0.05, 0.1) is 4.90 Å². The number of rotatable bonds is 3. The van der Waals surface area contributed by atoms with E-state index in [2.05, 4.69) is 10.8 Å². The van der Waals surface area contributed by atoms with Gasteiger partial charge >= 0.3 is 0 Å². The zero-order valence-corrected chi connectivity index (χ0v) is 13.7. The van der Waals surface area contributed by atoms with Crippen molar-refractivity contribution < 1.29 is 8.42 Å². The molecule has 0 spiro atoms. The second kappa shape index (κ2) is 5.10. The van der Waals surface area contributed by atoms with Crippen molar-refractivity contribution >= 4 is 26.5 Å². The normalized spacial score (nSPS) is 13.4. The van der Waals surface area contributed by atoms with Crippen LogP contribution >= 0.6 is 0 Å². The van der Waals surface area contributed by atoms with Crippen molar-refractivity contribution in [2.24, 2.45) is 0 Å². The van der Waals surface area contributed by atoms with Crippen LogP contribution in [0.25, 0.3) is 10.8 Å². The SMILES string of the molecule is Cc1cccc(NS(=O)(=O)c2ccc3c4c(cccc24)CC3)c1. The third-order valence-corrected chi connectivity index (χ3v) is 5.84. The van der Waals surface area contributed by atoms with Gasteiger partial charge < -0.3 is 0 Å². The lowest BCUT2D eigenvalue weighted by molar-refractivity contribution is 0.602. The number of hydrogen-bond acceptors (Lipinski definition) is 2. The fourth-order valence-electron chi connectivity index (χ4n) is 3.37. The Hall–Kier alpha value is -2.33. The van der Waals surface area contributed by atoms with Gasteiger partial charge in [0.15, 0.2) is 0 Å². The first-order valence-electron chi connectivity index (χ1n) is 7.67. The molecule has 0 aliphatic heterocycles. The Kier molecular flexibility index (Phi) is 3.16. The summed E-state index contributed by atoms with van der Waals surface area (Å²) in [5, 5.41) is 1.93. The van der Waals surface area contributed by atoms with Crippen LogP contribution in [0.15, 0.2) is 59.5 Å². The van der Waals surface area contributed by atoms with E-state index >= 15 is 0 Å². The molecule has 3 nitrogen and oxygen atoms in total. The van der Waals surface area contributed by atoms with E-state index in [-0.39, 0.29) is 0 Å². The first-order chi connectivity index (χ1) is 11.0. The Bertz CT molecular complexity index is 1010. The molecule has 0 atom stereocenters. The highest BCUT2D eigenvalue weighted by atomic mass is 32.2. The lowest BCUT2D eigenvalue weighted by Crippen LogP contribution is -2.13. The monoisotopic (exact) mass is 323 g/mol. The van der Waals surface area contributed by atoms with Crippen molar-refractivity contribution in [1.82, 2.24) is 0 Å². The second-order valence-electron chi connectivity index (χ2n) is 6.04. The summed E-state index contributed by atoms with van der Waals surface area (Å²) in [5.74, 6) is 0. The van der Waals surface area contributed by atoms with Gasteiger partial charge in [-0.05, 0) is 60.0 Å². The number of aryl methyl sites for hydroxylation is 3. The quantitative estimate of drug-likeness (QED) is 0.790. The van der Waals surface area contributed by atoms with Crippen molar-refractivity contribution in [2.75, 3.05) is 4.72 Å². The number of benzene rings is 3. The minimum Gasteiger partial charge on any atom is -0.280 e. The Morgan fingerprint density at radius 1 is 0.913 bits per heavy atom. The molecule has 0 saturated heterocycles. The van der Waals surface area contributed by atoms with Gasteiger partial charge in [0.1, 0.15) is 0 Å². The summed E-state index contributed by atoms with van der Waals surface area (Å²) in [5.41, 5.74) is 4.09. The minimum atomic E-state index is -3.61. The summed E-state index contributed by atoms with van der Waals surface area (Å²) in [6, 6.07) is 17.0. The van der Waals surface area contributed by atoms with Crippen LogP contribution in [0.2, 0.25) is 0 Å². The summed E-state index contributed by atoms with van der Waals surface area (Å²) in [6.07, 6.45) is 1.98. The van der Waals surface area contributed by atoms with Crippen molar-refractivity contribution in [3.05, 3.63) is 71.3 Å². The highest BCUT2D eigenvalue weighted by Crippen LogP contribution is 2.35. The first kappa shape index (κ1) is 14.3. The van der Waals surface area contributed by atoms with Crippen LogP contribution in [-0.2, 0) is 22.9 Å². The van der Waals surface area contributed by atoms with Gasteiger partial charge in [0.25, 0.3) is 10.0 Å². The smallest absolute Gasteiger partial charge is 0.262 e. The molecule has 3 aromatic rings. The molecule has 23 heavy (non-hydrogen) atoms. The lowest BCUT2D eigenvalue weighted by atomic mass is 10.1. The summed E-state index contributed by atoms with van der Waals surface area (Å²) in [6.45, 7) is 1.94. The third-order valence-electron chi connectivity index (χ3n) is 4.40. The summed E-state index contributed by atoms with van der Waals surface area (Å²) >= 11 is 0. The molecular weight excluding hydrogens is 306 g/mol. The maximum absolute atomic E-state index is 12.9. The molecule has 0 amide bonds. The van der Waals surface area contributed by atoms with E-state index in [0.717, 1.165) is 29.2 Å². The van der Waals surface area contributed by atoms with Crippen molar-refractivity contribution in [1.29, 1.82) is 0 Å². The highest BCUT2D eigenvalue weighted by Gasteiger charge is 2.22. The highest BCUT2D eigenvalue weighted by molar-refractivity contribution is 7.93. The van der Waals surface area contributed by atoms with Gasteiger partial charge in [0, 0.05) is 11.1 Å². The topological polar surface area (TPSA) is 46.2 Å². The van der Waals surface area contributed by atoms with E-state index in [9.17, 15) is 8.42 Å². The first-order valence-corrected chi connectivity index (χ1v) is 9.16. The molecule has 1 aliphatic rings. The summed E-state index contributed by atoms with van der Waals surface area (Å²) in [4.78, 5) is 0.349. The molecule has 1 N–H and O–H groups in total. The zero-order chi connectivity index (χ0) is 16.0. The van der Waals surface area contributed by atoms with E-state index in [4.69, 9.17) is 0 Å². The van der Waals surface area contributed by atoms with Crippen LogP contribution in [0, 0.1) is 6.92 Å². The van der Waals surface area contributed by atoms with Crippen molar-refractivity contribution in [2.45, 2.75) is 24.7 Å². The summed E-state index contributed by atoms with van der Waals surface area (Å²) in [7, 11) is -3.61. The van der Waals surface area contributed by atoms with Gasteiger partial charge in [-0.2, -0.15) is 0 Å². The predicted octanol–water partition coefficient (Wildman–Crippen LogP) is 4.05. The maximum Gasteiger partial charge on any atom is 0.262 e. The molecule has 0 bridgehead atoms. The van der Waals surface area contributed by atoms with Crippen LogP contribution in [0.3, 0.4) is 0 Å². The minimum absolute atomic E-state index is 0.349. The second-order valence-corrected chi connectivity index (χ2v) is 7.69. The Balaban J connectivity index is 1.86. The van der Waals surface area contributed by atoms with E-state index in [1.807, 2.05) is 43.3 Å². The van der Waals surface area contributed by atoms with Crippen LogP contribution in [0.1, 0.15) is 16.7 Å². The Labute approximate surface area is 136 Å². The third kappa shape index (κ3) is 2.39. The molecule has 0 saturated carbocycles. The van der Waals surface area contributed by atoms with Gasteiger partial charge in [-0.15, -0.1) is 0 Å². The molecule has 1 aliphatic carbocycles. The van der Waals surface area contributed by atoms with Gasteiger partial charge in [-0.3, -0.25) is 4.72 Å². The lowest BCUT2D eigenvalue weighted by Gasteiger charge is -2.12. The van der Waals surface area contributed by atoms with Crippen LogP contribution in [-0.4, -0.2) is 8.42 Å². The van der Waals surface area contributed by atoms with Crippen LogP contribution in [0.4, 0.5) is 5.69 Å². The van der Waals surface area contributed by atoms with Crippen molar-refractivity contribution in [3.8, 4) is 0 Å². The molecule has 0 unspecified atom stereocenters. The molecule has 3 aromatic carbocycles. The van der Waals surface area contributed by atoms with E-state index in [0.29, 0.717) is 10.6 Å². The largest absolute Gasteiger partial charge is 0.280 e. The number of anilines is 1. The Morgan fingerprint density at radius 2 is 1.65 bits per heavy atom. The number of hydrogen-bond donors (Lipinski definition) is 1. The average Bonchev–Trinajstić information content (AvgIpc) is 2.92. The van der Waals surface area contributed by atoms with E-state index in [1.165, 1.54) is 11.1 Å².